The first-order chi connectivity index (χ1) is 8.74. The number of hydrogen-bond acceptors (Lipinski definition) is 2. The fraction of sp³-hybridized carbons (Fsp3) is 0.533. The Morgan fingerprint density at radius 1 is 1.22 bits per heavy atom. The molecular weight excluding hydrogens is 226 g/mol. The predicted molar refractivity (Wildman–Crippen MR) is 71.6 cm³/mol. The van der Waals surface area contributed by atoms with Crippen molar-refractivity contribution in [3.63, 3.8) is 0 Å². The summed E-state index contributed by atoms with van der Waals surface area (Å²) in [5.41, 5.74) is 0. The third-order valence-corrected chi connectivity index (χ3v) is 3.62. The average Bonchev–Trinajstić information content (AvgIpc) is 2.39. The van der Waals surface area contributed by atoms with Gasteiger partial charge in [0.05, 0.1) is 0 Å². The number of benzene rings is 1. The summed E-state index contributed by atoms with van der Waals surface area (Å²) in [5.74, 6) is 2.05. The van der Waals surface area contributed by atoms with Crippen LogP contribution in [0.5, 0.6) is 5.75 Å². The molecule has 0 atom stereocenters. The summed E-state index contributed by atoms with van der Waals surface area (Å²) in [6.45, 7) is 3.03. The summed E-state index contributed by atoms with van der Waals surface area (Å²) in [6.07, 6.45) is 4.64. The van der Waals surface area contributed by atoms with Gasteiger partial charge in [-0.15, -0.1) is 0 Å². The van der Waals surface area contributed by atoms with Crippen LogP contribution in [-0.4, -0.2) is 12.6 Å². The summed E-state index contributed by atoms with van der Waals surface area (Å²) in [4.78, 5) is 11.6. The molecule has 0 unspecified atom stereocenters. The summed E-state index contributed by atoms with van der Waals surface area (Å²) >= 11 is 0. The molecule has 1 saturated carbocycles. The van der Waals surface area contributed by atoms with Gasteiger partial charge < -0.3 is 10.1 Å². The van der Waals surface area contributed by atoms with E-state index in [1.807, 2.05) is 18.2 Å². The standard InChI is InChI=1S/C15H21NO2/c1-12-7-9-13(10-8-12)11-16-15(17)18-14-5-3-2-4-6-14/h2-6,12-13H,7-11H2,1H3,(H,16,17). The van der Waals surface area contributed by atoms with Gasteiger partial charge in [-0.1, -0.05) is 38.0 Å². The third kappa shape index (κ3) is 4.06. The zero-order chi connectivity index (χ0) is 12.8. The van der Waals surface area contributed by atoms with Gasteiger partial charge in [-0.05, 0) is 36.8 Å². The normalized spacial score (nSPS) is 23.4. The van der Waals surface area contributed by atoms with Gasteiger partial charge in [-0.3, -0.25) is 0 Å². The van der Waals surface area contributed by atoms with E-state index in [1.165, 1.54) is 25.7 Å². The van der Waals surface area contributed by atoms with E-state index in [-0.39, 0.29) is 6.09 Å². The smallest absolute Gasteiger partial charge is 0.410 e. The fourth-order valence-electron chi connectivity index (χ4n) is 2.39. The van der Waals surface area contributed by atoms with Crippen molar-refractivity contribution in [3.05, 3.63) is 30.3 Å². The molecule has 0 heterocycles. The molecule has 1 aromatic rings. The van der Waals surface area contributed by atoms with Crippen molar-refractivity contribution in [1.29, 1.82) is 0 Å². The van der Waals surface area contributed by atoms with E-state index in [0.717, 1.165) is 12.5 Å². The zero-order valence-electron chi connectivity index (χ0n) is 10.9. The average molecular weight is 247 g/mol. The topological polar surface area (TPSA) is 38.3 Å². The van der Waals surface area contributed by atoms with E-state index < -0.39 is 0 Å². The van der Waals surface area contributed by atoms with Crippen LogP contribution >= 0.6 is 0 Å². The molecule has 98 valence electrons. The van der Waals surface area contributed by atoms with E-state index in [0.29, 0.717) is 11.7 Å². The van der Waals surface area contributed by atoms with Crippen LogP contribution in [0.25, 0.3) is 0 Å². The van der Waals surface area contributed by atoms with Crippen molar-refractivity contribution in [2.45, 2.75) is 32.6 Å². The first-order valence-electron chi connectivity index (χ1n) is 6.75. The maximum absolute atomic E-state index is 11.6. The highest BCUT2D eigenvalue weighted by atomic mass is 16.5. The first-order valence-corrected chi connectivity index (χ1v) is 6.75. The van der Waals surface area contributed by atoms with Crippen molar-refractivity contribution < 1.29 is 9.53 Å². The number of carbonyl (C=O) groups is 1. The molecule has 0 radical (unpaired) electrons. The van der Waals surface area contributed by atoms with Crippen molar-refractivity contribution >= 4 is 6.09 Å². The van der Waals surface area contributed by atoms with Gasteiger partial charge in [0.1, 0.15) is 5.75 Å². The molecule has 0 saturated heterocycles. The second-order valence-electron chi connectivity index (χ2n) is 5.21. The first kappa shape index (κ1) is 12.9. The molecule has 0 bridgehead atoms. The van der Waals surface area contributed by atoms with E-state index in [2.05, 4.69) is 12.2 Å². The number of hydrogen-bond donors (Lipinski definition) is 1. The fourth-order valence-corrected chi connectivity index (χ4v) is 2.39. The van der Waals surface area contributed by atoms with Gasteiger partial charge in [0.25, 0.3) is 0 Å². The molecule has 1 aromatic carbocycles. The third-order valence-electron chi connectivity index (χ3n) is 3.62. The minimum absolute atomic E-state index is 0.347. The van der Waals surface area contributed by atoms with Gasteiger partial charge >= 0.3 is 6.09 Å². The number of ether oxygens (including phenoxy) is 1. The van der Waals surface area contributed by atoms with E-state index in [1.54, 1.807) is 12.1 Å². The summed E-state index contributed by atoms with van der Waals surface area (Å²) in [6, 6.07) is 9.16. The highest BCUT2D eigenvalue weighted by Gasteiger charge is 2.18. The highest BCUT2D eigenvalue weighted by molar-refractivity contribution is 5.70. The SMILES string of the molecule is CC1CCC(CNC(=O)Oc2ccccc2)CC1. The minimum Gasteiger partial charge on any atom is -0.410 e. The molecule has 1 N–H and O–H groups in total. The van der Waals surface area contributed by atoms with Gasteiger partial charge in [0.15, 0.2) is 0 Å². The molecule has 1 fully saturated rings. The number of amides is 1. The Labute approximate surface area is 109 Å². The van der Waals surface area contributed by atoms with E-state index in [4.69, 9.17) is 4.74 Å². The molecule has 0 aromatic heterocycles. The lowest BCUT2D eigenvalue weighted by molar-refractivity contribution is 0.194. The Hall–Kier alpha value is -1.51. The minimum atomic E-state index is -0.347. The lowest BCUT2D eigenvalue weighted by Gasteiger charge is -2.25. The maximum Gasteiger partial charge on any atom is 0.412 e. The number of nitrogens with one attached hydrogen (secondary N) is 1. The Morgan fingerprint density at radius 2 is 1.89 bits per heavy atom. The van der Waals surface area contributed by atoms with Crippen LogP contribution in [0, 0.1) is 11.8 Å². The van der Waals surface area contributed by atoms with Crippen LogP contribution in [0.4, 0.5) is 4.79 Å². The molecule has 1 amide bonds. The highest BCUT2D eigenvalue weighted by Crippen LogP contribution is 2.27. The van der Waals surface area contributed by atoms with E-state index in [9.17, 15) is 4.79 Å². The van der Waals surface area contributed by atoms with Crippen LogP contribution in [0.3, 0.4) is 0 Å². The van der Waals surface area contributed by atoms with Crippen LogP contribution in [0.15, 0.2) is 30.3 Å². The van der Waals surface area contributed by atoms with Crippen molar-refractivity contribution in [1.82, 2.24) is 5.32 Å². The lowest BCUT2D eigenvalue weighted by atomic mass is 9.83. The Balaban J connectivity index is 1.69. The number of rotatable bonds is 3. The Kier molecular flexibility index (Phi) is 4.62. The maximum atomic E-state index is 11.6. The molecule has 0 spiro atoms. The Bertz CT molecular complexity index is 369. The largest absolute Gasteiger partial charge is 0.412 e. The Morgan fingerprint density at radius 3 is 2.56 bits per heavy atom. The van der Waals surface area contributed by atoms with Gasteiger partial charge in [-0.2, -0.15) is 0 Å². The zero-order valence-corrected chi connectivity index (χ0v) is 10.9. The number of carbonyl (C=O) groups excluding carboxylic acids is 1. The van der Waals surface area contributed by atoms with Gasteiger partial charge in [0, 0.05) is 6.54 Å². The predicted octanol–water partition coefficient (Wildman–Crippen LogP) is 3.60. The van der Waals surface area contributed by atoms with E-state index >= 15 is 0 Å². The summed E-state index contributed by atoms with van der Waals surface area (Å²) in [5, 5.41) is 2.85. The molecule has 0 aliphatic heterocycles. The van der Waals surface area contributed by atoms with Crippen molar-refractivity contribution in [2.24, 2.45) is 11.8 Å². The second-order valence-corrected chi connectivity index (χ2v) is 5.21. The van der Waals surface area contributed by atoms with Crippen molar-refractivity contribution in [2.75, 3.05) is 6.54 Å². The molecule has 1 aliphatic carbocycles. The van der Waals surface area contributed by atoms with Crippen molar-refractivity contribution in [3.8, 4) is 5.75 Å². The molecule has 3 heteroatoms. The van der Waals surface area contributed by atoms with Crippen LogP contribution in [-0.2, 0) is 0 Å². The molecule has 2 rings (SSSR count). The van der Waals surface area contributed by atoms with Gasteiger partial charge in [0.2, 0.25) is 0 Å². The van der Waals surface area contributed by atoms with Crippen LogP contribution in [0.2, 0.25) is 0 Å². The molecule has 18 heavy (non-hydrogen) atoms. The van der Waals surface area contributed by atoms with Crippen LogP contribution < -0.4 is 10.1 Å². The monoisotopic (exact) mass is 247 g/mol. The molecular formula is C15H21NO2. The second kappa shape index (κ2) is 6.43. The van der Waals surface area contributed by atoms with Gasteiger partial charge in [-0.25, -0.2) is 4.79 Å². The molecule has 1 aliphatic rings. The summed E-state index contributed by atoms with van der Waals surface area (Å²) < 4.78 is 5.18. The molecule has 3 nitrogen and oxygen atoms in total. The quantitative estimate of drug-likeness (QED) is 0.886. The lowest BCUT2D eigenvalue weighted by Crippen LogP contribution is -2.33. The summed E-state index contributed by atoms with van der Waals surface area (Å²) in [7, 11) is 0. The van der Waals surface area contributed by atoms with Crippen LogP contribution in [0.1, 0.15) is 32.6 Å². The number of para-hydroxylation sites is 1.